The number of nitrogen functional groups attached to an aromatic ring is 1. The maximum absolute atomic E-state index is 14.3. The highest BCUT2D eigenvalue weighted by atomic mass is 32.2. The Kier molecular flexibility index (Phi) is 15.3. The molecule has 12 nitrogen and oxygen atoms in total. The summed E-state index contributed by atoms with van der Waals surface area (Å²) in [6.07, 6.45) is 5.36. The Balaban J connectivity index is 1.80. The number of rotatable bonds is 15. The second-order valence-corrected chi connectivity index (χ2v) is 18.4. The quantitative estimate of drug-likeness (QED) is 0.185. The number of hydrogen-bond acceptors (Lipinski definition) is 9. The molecule has 3 rings (SSSR count). The van der Waals surface area contributed by atoms with Gasteiger partial charge in [-0.15, -0.1) is 0 Å². The molecule has 3 N–H and O–H groups in total. The van der Waals surface area contributed by atoms with E-state index in [0.717, 1.165) is 25.8 Å². The van der Waals surface area contributed by atoms with Gasteiger partial charge >= 0.3 is 0 Å². The molecule has 2 aliphatic rings. The minimum absolute atomic E-state index is 0.0365. The molecule has 1 aromatic rings. The largest absolute Gasteiger partial charge is 0.399 e. The average molecular weight is 760 g/mol. The van der Waals surface area contributed by atoms with Gasteiger partial charge in [0.15, 0.2) is 5.78 Å². The van der Waals surface area contributed by atoms with Gasteiger partial charge in [0.2, 0.25) is 17.7 Å². The van der Waals surface area contributed by atoms with Crippen molar-refractivity contribution in [3.63, 3.8) is 0 Å². The number of benzene rings is 1. The summed E-state index contributed by atoms with van der Waals surface area (Å²) in [5, 5.41) is 0. The SMILES string of the molecule is CO[C@H]([C@@H](C)C(=O)NS(=O)(=O)c1ccc(N)cc1)[C@@H]1CCCN1C(=O)/C(C)=C/[C@H](C(C)C)N(C)C(=O)[C@@H](CC(=O)C1CCCCN1C(C)C)C(C)(C)C. The Morgan fingerprint density at radius 3 is 2.17 bits per heavy atom. The summed E-state index contributed by atoms with van der Waals surface area (Å²) in [6.45, 7) is 18.9. The third kappa shape index (κ3) is 10.9. The predicted octanol–water partition coefficient (Wildman–Crippen LogP) is 5.03. The van der Waals surface area contributed by atoms with Crippen molar-refractivity contribution >= 4 is 39.2 Å². The highest BCUT2D eigenvalue weighted by Crippen LogP contribution is 2.34. The van der Waals surface area contributed by atoms with Gasteiger partial charge in [0.25, 0.3) is 10.0 Å². The van der Waals surface area contributed by atoms with Crippen LogP contribution in [0.4, 0.5) is 5.69 Å². The van der Waals surface area contributed by atoms with E-state index in [9.17, 15) is 27.6 Å². The molecule has 13 heteroatoms. The number of anilines is 1. The molecular formula is C40H65N5O7S. The van der Waals surface area contributed by atoms with E-state index in [0.29, 0.717) is 30.6 Å². The maximum Gasteiger partial charge on any atom is 0.264 e. The molecule has 2 fully saturated rings. The van der Waals surface area contributed by atoms with E-state index in [2.05, 4.69) is 23.5 Å². The van der Waals surface area contributed by atoms with Crippen molar-refractivity contribution in [2.45, 2.75) is 136 Å². The van der Waals surface area contributed by atoms with Crippen molar-refractivity contribution in [3.8, 4) is 0 Å². The molecule has 0 bridgehead atoms. The van der Waals surface area contributed by atoms with Crippen molar-refractivity contribution in [1.82, 2.24) is 19.4 Å². The first-order valence-corrected chi connectivity index (χ1v) is 20.6. The zero-order chi connectivity index (χ0) is 40.0. The minimum atomic E-state index is -4.15. The Bertz CT molecular complexity index is 1580. The average Bonchev–Trinajstić information content (AvgIpc) is 3.57. The molecule has 2 heterocycles. The molecule has 2 saturated heterocycles. The molecule has 3 amide bonds. The number of likely N-dealkylation sites (tertiary alicyclic amines) is 2. The molecule has 0 aromatic heterocycles. The normalized spacial score (nSPS) is 21.3. The zero-order valence-corrected chi connectivity index (χ0v) is 34.7. The second kappa shape index (κ2) is 18.4. The van der Waals surface area contributed by atoms with E-state index in [1.165, 1.54) is 31.4 Å². The van der Waals surface area contributed by atoms with Crippen LogP contribution in [0, 0.1) is 23.2 Å². The van der Waals surface area contributed by atoms with E-state index >= 15 is 0 Å². The maximum atomic E-state index is 14.3. The van der Waals surface area contributed by atoms with E-state index < -0.39 is 51.4 Å². The van der Waals surface area contributed by atoms with Crippen LogP contribution in [0.2, 0.25) is 0 Å². The molecule has 0 saturated carbocycles. The third-order valence-electron chi connectivity index (χ3n) is 11.1. The van der Waals surface area contributed by atoms with Crippen molar-refractivity contribution in [1.29, 1.82) is 0 Å². The van der Waals surface area contributed by atoms with Crippen LogP contribution in [0.25, 0.3) is 0 Å². The topological polar surface area (TPSA) is 159 Å². The van der Waals surface area contributed by atoms with E-state index in [-0.39, 0.29) is 46.9 Å². The molecule has 6 atom stereocenters. The number of sulfonamides is 1. The lowest BCUT2D eigenvalue weighted by atomic mass is 9.75. The van der Waals surface area contributed by atoms with Crippen LogP contribution in [0.5, 0.6) is 0 Å². The van der Waals surface area contributed by atoms with E-state index in [1.54, 1.807) is 30.7 Å². The lowest BCUT2D eigenvalue weighted by Crippen LogP contribution is -2.51. The molecule has 1 aromatic carbocycles. The molecule has 298 valence electrons. The summed E-state index contributed by atoms with van der Waals surface area (Å²) in [6, 6.07) is 4.70. The number of carbonyl (C=O) groups excluding carboxylic acids is 4. The minimum Gasteiger partial charge on any atom is -0.399 e. The molecule has 2 aliphatic heterocycles. The molecule has 53 heavy (non-hydrogen) atoms. The summed E-state index contributed by atoms with van der Waals surface area (Å²) >= 11 is 0. The number of ketones is 1. The standard InChI is InChI=1S/C40H65N5O7S/c1-25(2)34(43(10)39(49)31(40(7,8)9)24-35(46)32-15-12-13-21-44(32)26(3)4)23-27(5)38(48)45-22-14-16-33(45)36(52-11)28(6)37(47)42-53(50,51)30-19-17-29(41)18-20-30/h17-20,23,25-26,28,31-34,36H,12-16,21-22,24,41H2,1-11H3,(H,42,47)/b27-23+/t28-,31-,32?,33+,34-,36-/m1/s1. The van der Waals surface area contributed by atoms with Crippen LogP contribution < -0.4 is 10.5 Å². The number of amides is 3. The molecular weight excluding hydrogens is 695 g/mol. The van der Waals surface area contributed by atoms with Crippen LogP contribution in [0.1, 0.15) is 101 Å². The van der Waals surface area contributed by atoms with Crippen molar-refractivity contribution in [3.05, 3.63) is 35.9 Å². The van der Waals surface area contributed by atoms with Gasteiger partial charge in [0.1, 0.15) is 0 Å². The Hall–Kier alpha value is -3.29. The fraction of sp³-hybridized carbons (Fsp3) is 0.700. The number of nitrogens with zero attached hydrogens (tertiary/aromatic N) is 3. The summed E-state index contributed by atoms with van der Waals surface area (Å²) < 4.78 is 33.8. The van der Waals surface area contributed by atoms with Crippen molar-refractivity contribution < 1.29 is 32.3 Å². The summed E-state index contributed by atoms with van der Waals surface area (Å²) in [7, 11) is -0.949. The van der Waals surface area contributed by atoms with Crippen molar-refractivity contribution in [2.24, 2.45) is 23.2 Å². The fourth-order valence-electron chi connectivity index (χ4n) is 7.88. The van der Waals surface area contributed by atoms with Crippen molar-refractivity contribution in [2.75, 3.05) is 33.0 Å². The van der Waals surface area contributed by atoms with Gasteiger partial charge in [-0.05, 0) is 88.6 Å². The number of nitrogens with two attached hydrogens (primary N) is 1. The van der Waals surface area contributed by atoms with Gasteiger partial charge in [-0.2, -0.15) is 0 Å². The second-order valence-electron chi connectivity index (χ2n) is 16.7. The highest BCUT2D eigenvalue weighted by molar-refractivity contribution is 7.90. The van der Waals surface area contributed by atoms with E-state index in [1.807, 2.05) is 40.7 Å². The lowest BCUT2D eigenvalue weighted by molar-refractivity contribution is -0.144. The Labute approximate surface area is 318 Å². The van der Waals surface area contributed by atoms with Gasteiger partial charge < -0.3 is 20.3 Å². The first-order chi connectivity index (χ1) is 24.6. The van der Waals surface area contributed by atoms with Crippen LogP contribution in [0.15, 0.2) is 40.8 Å². The van der Waals surface area contributed by atoms with Crippen LogP contribution >= 0.6 is 0 Å². The first kappa shape index (κ1) is 44.1. The van der Waals surface area contributed by atoms with Gasteiger partial charge in [0.05, 0.1) is 35.0 Å². The number of methoxy groups -OCH3 is 1. The number of carbonyl (C=O) groups is 4. The number of piperidine rings is 1. The van der Waals surface area contributed by atoms with E-state index in [4.69, 9.17) is 10.5 Å². The molecule has 0 spiro atoms. The fourth-order valence-corrected chi connectivity index (χ4v) is 8.94. The lowest BCUT2D eigenvalue weighted by Gasteiger charge is -2.40. The summed E-state index contributed by atoms with van der Waals surface area (Å²) in [4.78, 5) is 61.1. The highest BCUT2D eigenvalue weighted by Gasteiger charge is 2.42. The summed E-state index contributed by atoms with van der Waals surface area (Å²) in [5.74, 6) is -2.48. The summed E-state index contributed by atoms with van der Waals surface area (Å²) in [5.41, 5.74) is 6.06. The third-order valence-corrected chi connectivity index (χ3v) is 12.5. The van der Waals surface area contributed by atoms with Gasteiger partial charge in [0, 0.05) is 50.3 Å². The van der Waals surface area contributed by atoms with Crippen LogP contribution in [-0.4, -0.2) is 104 Å². The number of Topliss-reactive ketones (excluding diaryl/α,β-unsaturated/α-hetero) is 1. The van der Waals surface area contributed by atoms with Gasteiger partial charge in [-0.3, -0.25) is 24.1 Å². The molecule has 0 aliphatic carbocycles. The number of nitrogens with one attached hydrogen (secondary N) is 1. The van der Waals surface area contributed by atoms with Gasteiger partial charge in [-0.25, -0.2) is 13.1 Å². The number of likely N-dealkylation sites (N-methyl/N-ethyl adjacent to an activating group) is 1. The number of ether oxygens (including phenoxy) is 1. The predicted molar refractivity (Wildman–Crippen MR) is 208 cm³/mol. The van der Waals surface area contributed by atoms with Gasteiger partial charge in [-0.1, -0.05) is 54.0 Å². The molecule has 0 radical (unpaired) electrons. The zero-order valence-electron chi connectivity index (χ0n) is 33.8. The Morgan fingerprint density at radius 1 is 1.00 bits per heavy atom. The monoisotopic (exact) mass is 759 g/mol. The Morgan fingerprint density at radius 2 is 1.62 bits per heavy atom. The number of hydrogen-bond donors (Lipinski definition) is 2. The van der Waals surface area contributed by atoms with Crippen LogP contribution in [-0.2, 0) is 33.9 Å². The smallest absolute Gasteiger partial charge is 0.264 e. The first-order valence-electron chi connectivity index (χ1n) is 19.1. The molecule has 1 unspecified atom stereocenters. The van der Waals surface area contributed by atoms with Crippen LogP contribution in [0.3, 0.4) is 0 Å².